The van der Waals surface area contributed by atoms with Crippen LogP contribution in [0.5, 0.6) is 0 Å². The molecule has 0 spiro atoms. The van der Waals surface area contributed by atoms with Crippen molar-refractivity contribution in [3.05, 3.63) is 42.2 Å². The van der Waals surface area contributed by atoms with Crippen LogP contribution in [-0.4, -0.2) is 35.9 Å². The summed E-state index contributed by atoms with van der Waals surface area (Å²) in [4.78, 5) is 12.7. The molecule has 0 saturated heterocycles. The van der Waals surface area contributed by atoms with Gasteiger partial charge in [0.05, 0.1) is 5.69 Å². The molecular weight excluding hydrogens is 306 g/mol. The van der Waals surface area contributed by atoms with E-state index in [9.17, 15) is 4.79 Å². The molecule has 0 aliphatic carbocycles. The number of carbonyl (C=O) groups excluding carboxylic acids is 1. The van der Waals surface area contributed by atoms with Gasteiger partial charge in [-0.15, -0.1) is 5.10 Å². The van der Waals surface area contributed by atoms with E-state index in [0.717, 1.165) is 5.56 Å². The van der Waals surface area contributed by atoms with Gasteiger partial charge in [0.15, 0.2) is 5.82 Å². The second kappa shape index (κ2) is 6.61. The molecule has 124 valence electrons. The van der Waals surface area contributed by atoms with E-state index in [1.54, 1.807) is 28.7 Å². The molecule has 0 aliphatic heterocycles. The first kappa shape index (κ1) is 15.9. The van der Waals surface area contributed by atoms with Crippen LogP contribution in [0.25, 0.3) is 11.4 Å². The van der Waals surface area contributed by atoms with Crippen LogP contribution in [0.3, 0.4) is 0 Å². The van der Waals surface area contributed by atoms with E-state index in [1.165, 1.54) is 0 Å². The molecule has 0 saturated carbocycles. The Labute approximate surface area is 139 Å². The van der Waals surface area contributed by atoms with E-state index in [4.69, 9.17) is 0 Å². The fraction of sp³-hybridized carbons (Fsp3) is 0.312. The zero-order chi connectivity index (χ0) is 17.1. The topological polar surface area (TPSA) is 90.5 Å². The highest BCUT2D eigenvalue weighted by molar-refractivity contribution is 6.04. The van der Waals surface area contributed by atoms with Gasteiger partial charge in [-0.25, -0.2) is 4.68 Å². The van der Waals surface area contributed by atoms with Crippen LogP contribution in [0.1, 0.15) is 24.3 Å². The molecule has 24 heavy (non-hydrogen) atoms. The summed E-state index contributed by atoms with van der Waals surface area (Å²) in [6.45, 7) is 4.85. The summed E-state index contributed by atoms with van der Waals surface area (Å²) in [7, 11) is 1.76. The summed E-state index contributed by atoms with van der Waals surface area (Å²) in [6.07, 6.45) is 1.63. The van der Waals surface area contributed by atoms with Crippen LogP contribution < -0.4 is 5.32 Å². The molecule has 0 radical (unpaired) electrons. The van der Waals surface area contributed by atoms with Crippen LogP contribution in [0, 0.1) is 5.92 Å². The average molecular weight is 325 g/mol. The van der Waals surface area contributed by atoms with Gasteiger partial charge in [-0.3, -0.25) is 9.48 Å². The van der Waals surface area contributed by atoms with Crippen LogP contribution >= 0.6 is 0 Å². The molecule has 1 N–H and O–H groups in total. The standard InChI is InChI=1S/C16H19N7O/c1-11(2)10-23-14(8-9-17-23)16(24)18-13-7-5-4-6-12(13)15-19-20-21-22(15)3/h4-9,11H,10H2,1-3H3,(H,18,24). The fourth-order valence-corrected chi connectivity index (χ4v) is 2.45. The number of tetrazole rings is 1. The quantitative estimate of drug-likeness (QED) is 0.774. The Bertz CT molecular complexity index is 849. The average Bonchev–Trinajstić information content (AvgIpc) is 3.16. The lowest BCUT2D eigenvalue weighted by atomic mass is 10.1. The number of aromatic nitrogens is 6. The van der Waals surface area contributed by atoms with Gasteiger partial charge in [-0.2, -0.15) is 5.10 Å². The van der Waals surface area contributed by atoms with Crippen molar-refractivity contribution in [1.29, 1.82) is 0 Å². The monoisotopic (exact) mass is 325 g/mol. The Morgan fingerprint density at radius 3 is 2.75 bits per heavy atom. The van der Waals surface area contributed by atoms with E-state index in [1.807, 2.05) is 24.3 Å². The minimum absolute atomic E-state index is 0.212. The number of rotatable bonds is 5. The normalized spacial score (nSPS) is 11.0. The van der Waals surface area contributed by atoms with E-state index < -0.39 is 0 Å². The van der Waals surface area contributed by atoms with Crippen molar-refractivity contribution < 1.29 is 4.79 Å². The predicted octanol–water partition coefficient (Wildman–Crippen LogP) is 1.98. The number of carbonyl (C=O) groups is 1. The van der Waals surface area contributed by atoms with Gasteiger partial charge in [0.25, 0.3) is 5.91 Å². The maximum Gasteiger partial charge on any atom is 0.273 e. The minimum atomic E-state index is -0.212. The van der Waals surface area contributed by atoms with Gasteiger partial charge in [-0.1, -0.05) is 26.0 Å². The van der Waals surface area contributed by atoms with E-state index >= 15 is 0 Å². The SMILES string of the molecule is CC(C)Cn1nccc1C(=O)Nc1ccccc1-c1nnnn1C. The first-order valence-electron chi connectivity index (χ1n) is 7.71. The summed E-state index contributed by atoms with van der Waals surface area (Å²) in [5.41, 5.74) is 1.93. The third-order valence-corrected chi connectivity index (χ3v) is 3.52. The van der Waals surface area contributed by atoms with Crippen molar-refractivity contribution in [2.75, 3.05) is 5.32 Å². The Morgan fingerprint density at radius 2 is 2.04 bits per heavy atom. The molecule has 2 heterocycles. The Hall–Kier alpha value is -3.03. The Balaban J connectivity index is 1.89. The van der Waals surface area contributed by atoms with Crippen molar-refractivity contribution in [2.24, 2.45) is 13.0 Å². The summed E-state index contributed by atoms with van der Waals surface area (Å²) in [5, 5.41) is 18.7. The first-order chi connectivity index (χ1) is 11.6. The number of benzene rings is 1. The largest absolute Gasteiger partial charge is 0.320 e. The fourth-order valence-electron chi connectivity index (χ4n) is 2.45. The van der Waals surface area contributed by atoms with E-state index in [-0.39, 0.29) is 5.91 Å². The first-order valence-corrected chi connectivity index (χ1v) is 7.71. The van der Waals surface area contributed by atoms with Crippen LogP contribution in [0.2, 0.25) is 0 Å². The second-order valence-electron chi connectivity index (χ2n) is 5.92. The number of amides is 1. The third kappa shape index (κ3) is 3.17. The highest BCUT2D eigenvalue weighted by Crippen LogP contribution is 2.25. The van der Waals surface area contributed by atoms with Crippen molar-refractivity contribution in [3.8, 4) is 11.4 Å². The van der Waals surface area contributed by atoms with Gasteiger partial charge in [0.2, 0.25) is 0 Å². The summed E-state index contributed by atoms with van der Waals surface area (Å²) in [6, 6.07) is 9.14. The molecule has 3 rings (SSSR count). The van der Waals surface area contributed by atoms with Gasteiger partial charge in [0.1, 0.15) is 5.69 Å². The van der Waals surface area contributed by atoms with Crippen molar-refractivity contribution in [3.63, 3.8) is 0 Å². The van der Waals surface area contributed by atoms with Crippen LogP contribution in [0.15, 0.2) is 36.5 Å². The molecule has 8 nitrogen and oxygen atoms in total. The number of anilines is 1. The number of aryl methyl sites for hydroxylation is 1. The molecule has 3 aromatic rings. The minimum Gasteiger partial charge on any atom is -0.320 e. The molecular formula is C16H19N7O. The van der Waals surface area contributed by atoms with Gasteiger partial charge < -0.3 is 5.32 Å². The molecule has 2 aromatic heterocycles. The third-order valence-electron chi connectivity index (χ3n) is 3.52. The van der Waals surface area contributed by atoms with E-state index in [0.29, 0.717) is 29.7 Å². The summed E-state index contributed by atoms with van der Waals surface area (Å²) < 4.78 is 3.28. The van der Waals surface area contributed by atoms with Crippen LogP contribution in [0.4, 0.5) is 5.69 Å². The molecule has 0 bridgehead atoms. The smallest absolute Gasteiger partial charge is 0.273 e. The zero-order valence-electron chi connectivity index (χ0n) is 13.8. The molecule has 0 atom stereocenters. The maximum atomic E-state index is 12.7. The highest BCUT2D eigenvalue weighted by atomic mass is 16.2. The molecule has 0 fully saturated rings. The lowest BCUT2D eigenvalue weighted by molar-refractivity contribution is 0.101. The van der Waals surface area contributed by atoms with Gasteiger partial charge >= 0.3 is 0 Å². The Kier molecular flexibility index (Phi) is 4.37. The van der Waals surface area contributed by atoms with Crippen molar-refractivity contribution in [1.82, 2.24) is 30.0 Å². The lowest BCUT2D eigenvalue weighted by Crippen LogP contribution is -2.20. The zero-order valence-corrected chi connectivity index (χ0v) is 13.8. The Morgan fingerprint density at radius 1 is 1.25 bits per heavy atom. The number of hydrogen-bond donors (Lipinski definition) is 1. The number of hydrogen-bond acceptors (Lipinski definition) is 5. The van der Waals surface area contributed by atoms with E-state index in [2.05, 4.69) is 39.8 Å². The molecule has 0 aliphatic rings. The highest BCUT2D eigenvalue weighted by Gasteiger charge is 2.17. The van der Waals surface area contributed by atoms with Gasteiger partial charge in [0, 0.05) is 25.4 Å². The maximum absolute atomic E-state index is 12.7. The number of nitrogens with one attached hydrogen (secondary N) is 1. The number of nitrogens with zero attached hydrogens (tertiary/aromatic N) is 6. The van der Waals surface area contributed by atoms with Crippen molar-refractivity contribution in [2.45, 2.75) is 20.4 Å². The summed E-state index contributed by atoms with van der Waals surface area (Å²) >= 11 is 0. The second-order valence-corrected chi connectivity index (χ2v) is 5.92. The van der Waals surface area contributed by atoms with Gasteiger partial charge in [-0.05, 0) is 34.5 Å². The molecule has 0 unspecified atom stereocenters. The van der Waals surface area contributed by atoms with Crippen molar-refractivity contribution >= 4 is 11.6 Å². The predicted molar refractivity (Wildman–Crippen MR) is 89.3 cm³/mol. The molecule has 1 amide bonds. The molecule has 1 aromatic carbocycles. The lowest BCUT2D eigenvalue weighted by Gasteiger charge is -2.12. The molecule has 8 heteroatoms. The summed E-state index contributed by atoms with van der Waals surface area (Å²) in [5.74, 6) is 0.769. The van der Waals surface area contributed by atoms with Crippen LogP contribution in [-0.2, 0) is 13.6 Å². The number of para-hydroxylation sites is 1.